The van der Waals surface area contributed by atoms with E-state index in [9.17, 15) is 13.2 Å². The summed E-state index contributed by atoms with van der Waals surface area (Å²) in [5.74, 6) is 0.297. The third-order valence-electron chi connectivity index (χ3n) is 2.79. The van der Waals surface area contributed by atoms with Gasteiger partial charge in [0.1, 0.15) is 0 Å². The molecule has 0 spiro atoms. The molecule has 1 saturated carbocycles. The van der Waals surface area contributed by atoms with Crippen LogP contribution >= 0.6 is 0 Å². The Morgan fingerprint density at radius 2 is 2.06 bits per heavy atom. The second-order valence-corrected chi connectivity index (χ2v) is 6.62. The summed E-state index contributed by atoms with van der Waals surface area (Å²) in [6.07, 6.45) is 2.18. The van der Waals surface area contributed by atoms with E-state index in [-0.39, 0.29) is 24.0 Å². The van der Waals surface area contributed by atoms with Crippen LogP contribution in [0.4, 0.5) is 0 Å². The molecule has 0 saturated heterocycles. The smallest absolute Gasteiger partial charge is 0.236 e. The molecule has 0 atom stereocenters. The van der Waals surface area contributed by atoms with Crippen LogP contribution in [0.5, 0.6) is 0 Å². The van der Waals surface area contributed by atoms with Crippen molar-refractivity contribution in [3.05, 3.63) is 0 Å². The summed E-state index contributed by atoms with van der Waals surface area (Å²) < 4.78 is 22.3. The van der Waals surface area contributed by atoms with Crippen molar-refractivity contribution in [1.82, 2.24) is 10.2 Å². The molecule has 0 aromatic carbocycles. The number of carbonyl (C=O) groups excluding carboxylic acids is 1. The second kappa shape index (κ2) is 5.63. The third-order valence-corrected chi connectivity index (χ3v) is 4.50. The van der Waals surface area contributed by atoms with Crippen LogP contribution in [0.15, 0.2) is 0 Å². The lowest BCUT2D eigenvalue weighted by atomic mass is 10.4. The van der Waals surface area contributed by atoms with Crippen molar-refractivity contribution in [2.24, 2.45) is 0 Å². The normalized spacial score (nSPS) is 16.1. The molecular formula is C10H20N2O3S. The average Bonchev–Trinajstić information content (AvgIpc) is 3.06. The number of nitrogens with one attached hydrogen (secondary N) is 1. The molecule has 94 valence electrons. The molecule has 0 heterocycles. The minimum Gasteiger partial charge on any atom is -0.342 e. The lowest BCUT2D eigenvalue weighted by Gasteiger charge is -2.16. The monoisotopic (exact) mass is 248 g/mol. The molecule has 0 unspecified atom stereocenters. The third kappa shape index (κ3) is 4.49. The highest BCUT2D eigenvalue weighted by molar-refractivity contribution is 7.91. The first-order valence-electron chi connectivity index (χ1n) is 5.63. The largest absolute Gasteiger partial charge is 0.342 e. The first-order chi connectivity index (χ1) is 7.46. The van der Waals surface area contributed by atoms with Gasteiger partial charge in [-0.1, -0.05) is 6.92 Å². The predicted molar refractivity (Wildman–Crippen MR) is 63.0 cm³/mol. The number of likely N-dealkylation sites (N-methyl/N-ethyl adjacent to an activating group) is 1. The van der Waals surface area contributed by atoms with Gasteiger partial charge in [0, 0.05) is 25.4 Å². The highest BCUT2D eigenvalue weighted by Gasteiger charge is 2.28. The van der Waals surface area contributed by atoms with Crippen LogP contribution in [0.1, 0.15) is 19.8 Å². The second-order valence-electron chi connectivity index (χ2n) is 4.15. The molecule has 1 fully saturated rings. The summed E-state index contributed by atoms with van der Waals surface area (Å²) in [5.41, 5.74) is 0. The van der Waals surface area contributed by atoms with Crippen LogP contribution in [0.3, 0.4) is 0 Å². The van der Waals surface area contributed by atoms with Crippen molar-refractivity contribution < 1.29 is 13.2 Å². The van der Waals surface area contributed by atoms with E-state index in [1.165, 1.54) is 0 Å². The van der Waals surface area contributed by atoms with Gasteiger partial charge in [0.15, 0.2) is 9.84 Å². The highest BCUT2D eigenvalue weighted by Crippen LogP contribution is 2.24. The fourth-order valence-corrected chi connectivity index (χ4v) is 2.10. The Kier molecular flexibility index (Phi) is 4.73. The number of hydrogen-bond acceptors (Lipinski definition) is 4. The van der Waals surface area contributed by atoms with Gasteiger partial charge in [-0.25, -0.2) is 8.42 Å². The number of hydrogen-bond donors (Lipinski definition) is 1. The number of amides is 1. The molecule has 16 heavy (non-hydrogen) atoms. The zero-order chi connectivity index (χ0) is 12.2. The van der Waals surface area contributed by atoms with E-state index in [4.69, 9.17) is 0 Å². The number of rotatable bonds is 7. The van der Waals surface area contributed by atoms with Crippen molar-refractivity contribution in [1.29, 1.82) is 0 Å². The summed E-state index contributed by atoms with van der Waals surface area (Å²) in [4.78, 5) is 13.3. The predicted octanol–water partition coefficient (Wildman–Crippen LogP) is -0.368. The maximum atomic E-state index is 11.5. The fraction of sp³-hybridized carbons (Fsp3) is 0.900. The Hall–Kier alpha value is -0.620. The van der Waals surface area contributed by atoms with Crippen molar-refractivity contribution >= 4 is 15.7 Å². The van der Waals surface area contributed by atoms with Crippen molar-refractivity contribution in [3.63, 3.8) is 0 Å². The number of sulfone groups is 1. The fourth-order valence-electron chi connectivity index (χ4n) is 1.36. The molecular weight excluding hydrogens is 228 g/mol. The number of carbonyl (C=O) groups is 1. The SMILES string of the molecule is CCS(=O)(=O)CCNCC(=O)N(C)C1CC1. The van der Waals surface area contributed by atoms with Crippen LogP contribution in [0.25, 0.3) is 0 Å². The summed E-state index contributed by atoms with van der Waals surface area (Å²) >= 11 is 0. The Balaban J connectivity index is 2.13. The zero-order valence-corrected chi connectivity index (χ0v) is 10.7. The van der Waals surface area contributed by atoms with Gasteiger partial charge in [0.25, 0.3) is 0 Å². The Labute approximate surface area is 97.1 Å². The van der Waals surface area contributed by atoms with Crippen molar-refractivity contribution in [2.75, 3.05) is 31.6 Å². The lowest BCUT2D eigenvalue weighted by Crippen LogP contribution is -2.38. The first kappa shape index (κ1) is 13.4. The molecule has 0 bridgehead atoms. The molecule has 1 aliphatic carbocycles. The van der Waals surface area contributed by atoms with Crippen molar-refractivity contribution in [3.8, 4) is 0 Å². The van der Waals surface area contributed by atoms with Crippen LogP contribution in [-0.2, 0) is 14.6 Å². The lowest BCUT2D eigenvalue weighted by molar-refractivity contribution is -0.129. The van der Waals surface area contributed by atoms with Crippen LogP contribution in [0, 0.1) is 0 Å². The summed E-state index contributed by atoms with van der Waals surface area (Å²) in [6.45, 7) is 2.20. The van der Waals surface area contributed by atoms with Gasteiger partial charge in [0.05, 0.1) is 12.3 Å². The molecule has 1 rings (SSSR count). The van der Waals surface area contributed by atoms with Crippen LogP contribution in [0.2, 0.25) is 0 Å². The molecule has 1 aliphatic rings. The molecule has 6 heteroatoms. The van der Waals surface area contributed by atoms with Gasteiger partial charge in [-0.05, 0) is 12.8 Å². The Morgan fingerprint density at radius 3 is 2.56 bits per heavy atom. The maximum absolute atomic E-state index is 11.5. The van der Waals surface area contributed by atoms with E-state index in [2.05, 4.69) is 5.32 Å². The van der Waals surface area contributed by atoms with E-state index in [1.54, 1.807) is 18.9 Å². The van der Waals surface area contributed by atoms with E-state index >= 15 is 0 Å². The van der Waals surface area contributed by atoms with Gasteiger partial charge in [0.2, 0.25) is 5.91 Å². The van der Waals surface area contributed by atoms with Crippen LogP contribution in [-0.4, -0.2) is 56.9 Å². The summed E-state index contributed by atoms with van der Waals surface area (Å²) in [7, 11) is -1.13. The average molecular weight is 248 g/mol. The first-order valence-corrected chi connectivity index (χ1v) is 7.45. The maximum Gasteiger partial charge on any atom is 0.236 e. The summed E-state index contributed by atoms with van der Waals surface area (Å²) in [5, 5.41) is 2.87. The van der Waals surface area contributed by atoms with E-state index in [0.717, 1.165) is 12.8 Å². The van der Waals surface area contributed by atoms with Gasteiger partial charge < -0.3 is 10.2 Å². The Bertz CT molecular complexity index is 336. The molecule has 0 aromatic heterocycles. The van der Waals surface area contributed by atoms with E-state index in [0.29, 0.717) is 12.6 Å². The molecule has 0 aliphatic heterocycles. The minimum absolute atomic E-state index is 0.0383. The van der Waals surface area contributed by atoms with Crippen LogP contribution < -0.4 is 5.32 Å². The Morgan fingerprint density at radius 1 is 1.44 bits per heavy atom. The standard InChI is InChI=1S/C10H20N2O3S/c1-3-16(14,15)7-6-11-8-10(13)12(2)9-4-5-9/h9,11H,3-8H2,1-2H3. The topological polar surface area (TPSA) is 66.5 Å². The molecule has 0 aromatic rings. The van der Waals surface area contributed by atoms with Gasteiger partial charge in [-0.3, -0.25) is 4.79 Å². The van der Waals surface area contributed by atoms with Crippen molar-refractivity contribution in [2.45, 2.75) is 25.8 Å². The summed E-state index contributed by atoms with van der Waals surface area (Å²) in [6, 6.07) is 0.411. The molecule has 0 radical (unpaired) electrons. The van der Waals surface area contributed by atoms with Gasteiger partial charge in [-0.15, -0.1) is 0 Å². The number of nitrogens with zero attached hydrogens (tertiary/aromatic N) is 1. The van der Waals surface area contributed by atoms with E-state index < -0.39 is 9.84 Å². The van der Waals surface area contributed by atoms with Gasteiger partial charge in [-0.2, -0.15) is 0 Å². The van der Waals surface area contributed by atoms with E-state index in [1.807, 2.05) is 0 Å². The van der Waals surface area contributed by atoms with Gasteiger partial charge >= 0.3 is 0 Å². The molecule has 1 amide bonds. The zero-order valence-electron chi connectivity index (χ0n) is 9.90. The molecule has 1 N–H and O–H groups in total. The quantitative estimate of drug-likeness (QED) is 0.624. The molecule has 5 nitrogen and oxygen atoms in total. The highest BCUT2D eigenvalue weighted by atomic mass is 32.2. The minimum atomic E-state index is -2.93.